The zero-order valence-electron chi connectivity index (χ0n) is 74.5. The molecule has 0 saturated heterocycles. The van der Waals surface area contributed by atoms with E-state index in [2.05, 4.69) is 167 Å². The van der Waals surface area contributed by atoms with Crippen LogP contribution >= 0.6 is 0 Å². The maximum Gasteiger partial charge on any atom is 0.212 e. The van der Waals surface area contributed by atoms with Gasteiger partial charge in [0.15, 0.2) is 24.8 Å². The molecule has 12 aromatic carbocycles. The molecule has 0 aliphatic carbocycles. The number of aromatic nitrogens is 4. The number of furan rings is 4. The number of benzene rings is 12. The standard InChI is InChI=1S/4C25H22NO/c1-15-10-23(26(4)14-17(15)3)20-13-25-21(9-16(20)2)22-11-18-7-5-6-8-19(18)12-24(22)27-25;1-15-12-22(26(4)14-17(15)3)20-13-24-21(11-16(20)2)25-19-8-6-5-7-18(19)9-10-23(25)27-24;1-15-11-22(26(4)14-17(15)3)20-13-21-24(12-16(20)2)27-23-10-9-18-7-5-6-8-19(18)25(21)23;1-15-11-23(26(4)14-17(15)3)21-13-22-20-10-9-18-7-5-6-8-19(18)25(20)27-24(22)12-16(21)2/h4*5-14H,1-4H3/q4*+1/i4*3D3. The highest BCUT2D eigenvalue weighted by Gasteiger charge is 2.24. The van der Waals surface area contributed by atoms with Crippen LogP contribution in [-0.2, 0) is 28.2 Å². The quantitative estimate of drug-likeness (QED) is 0.165. The van der Waals surface area contributed by atoms with Gasteiger partial charge in [0, 0.05) is 123 Å². The van der Waals surface area contributed by atoms with Crippen molar-refractivity contribution in [1.82, 2.24) is 0 Å². The Bertz CT molecular complexity index is 7620. The van der Waals surface area contributed by atoms with Crippen LogP contribution in [0, 0.1) is 82.8 Å². The molecular formula is C100H88N4O4+4. The van der Waals surface area contributed by atoms with Crippen molar-refractivity contribution >= 4 is 131 Å². The summed E-state index contributed by atoms with van der Waals surface area (Å²) in [6.07, 6.45) is 6.88. The van der Waals surface area contributed by atoms with Gasteiger partial charge in [0.2, 0.25) is 22.8 Å². The van der Waals surface area contributed by atoms with E-state index in [1.807, 2.05) is 153 Å². The average Bonchev–Trinajstić information content (AvgIpc) is 1.62. The first kappa shape index (κ1) is 55.9. The summed E-state index contributed by atoms with van der Waals surface area (Å²) in [5.41, 5.74) is 24.0. The van der Waals surface area contributed by atoms with Crippen molar-refractivity contribution in [2.45, 2.75) is 82.8 Å². The second kappa shape index (κ2) is 26.8. The Hall–Kier alpha value is -12.5. The van der Waals surface area contributed by atoms with Crippen molar-refractivity contribution in [3.63, 3.8) is 0 Å². The van der Waals surface area contributed by atoms with Gasteiger partial charge in [0.05, 0.1) is 11.1 Å². The molecule has 0 atom stereocenters. The van der Waals surface area contributed by atoms with E-state index >= 15 is 0 Å². The Labute approximate surface area is 646 Å². The topological polar surface area (TPSA) is 68.1 Å². The van der Waals surface area contributed by atoms with Crippen LogP contribution in [0.15, 0.2) is 261 Å². The van der Waals surface area contributed by atoms with Crippen LogP contribution in [0.5, 0.6) is 0 Å². The molecule has 8 heterocycles. The number of fused-ring (bicyclic) bond motifs is 19. The number of nitrogens with zero attached hydrogens (tertiary/aromatic N) is 4. The van der Waals surface area contributed by atoms with Gasteiger partial charge in [-0.05, 0) is 244 Å². The zero-order valence-corrected chi connectivity index (χ0v) is 62.5. The maximum absolute atomic E-state index is 7.79. The minimum Gasteiger partial charge on any atom is -0.456 e. The Morgan fingerprint density at radius 3 is 1.01 bits per heavy atom. The summed E-state index contributed by atoms with van der Waals surface area (Å²) in [4.78, 5) is 0. The maximum atomic E-state index is 7.79. The van der Waals surface area contributed by atoms with Gasteiger partial charge in [-0.25, -0.2) is 18.3 Å². The van der Waals surface area contributed by atoms with E-state index in [1.165, 1.54) is 26.9 Å². The number of rotatable bonds is 4. The molecule has 0 aliphatic rings. The van der Waals surface area contributed by atoms with E-state index in [-0.39, 0.29) is 0 Å². The highest BCUT2D eigenvalue weighted by Crippen LogP contribution is 2.43. The minimum atomic E-state index is -2.13. The lowest BCUT2D eigenvalue weighted by Gasteiger charge is -2.07. The fourth-order valence-corrected chi connectivity index (χ4v) is 15.8. The SMILES string of the molecule is [2H]C([2H])([2H])c1c[n+](C)c(-c2cc3c(cc2C)oc2c4ccccc4ccc32)cc1C.[2H]C([2H])([2H])c1c[n+](C)c(-c2cc3c(cc2C)oc2ccc4ccccc4c23)cc1C.[2H]C([2H])([2H])c1c[n+](C)c(-c2cc3oc4cc5ccccc5cc4c3cc2C)cc1C.[2H]C([2H])([2H])c1c[n+](C)c(-c2cc3oc4ccc5ccccc5c4c3cc2C)cc1C. The van der Waals surface area contributed by atoms with Crippen LogP contribution in [0.1, 0.15) is 83.2 Å². The Balaban J connectivity index is 0.000000114. The molecule has 0 spiro atoms. The molecule has 0 N–H and O–H groups in total. The third-order valence-electron chi connectivity index (χ3n) is 21.8. The fraction of sp³-hybridized carbons (Fsp3) is 0.160. The molecule has 0 bridgehead atoms. The molecular weight excluding hydrogens is 1320 g/mol. The third-order valence-corrected chi connectivity index (χ3v) is 21.8. The van der Waals surface area contributed by atoms with Crippen LogP contribution in [0.25, 0.3) is 176 Å². The molecule has 0 saturated carbocycles. The van der Waals surface area contributed by atoms with E-state index in [9.17, 15) is 0 Å². The number of pyridine rings is 4. The predicted octanol–water partition coefficient (Wildman–Crippen LogP) is 24.6. The lowest BCUT2D eigenvalue weighted by atomic mass is 9.97. The second-order valence-corrected chi connectivity index (χ2v) is 29.2. The van der Waals surface area contributed by atoms with Crippen molar-refractivity contribution in [2.75, 3.05) is 0 Å². The van der Waals surface area contributed by atoms with E-state index in [1.54, 1.807) is 24.8 Å². The molecule has 20 aromatic rings. The van der Waals surface area contributed by atoms with Crippen LogP contribution in [0.2, 0.25) is 0 Å². The summed E-state index contributed by atoms with van der Waals surface area (Å²) >= 11 is 0. The van der Waals surface area contributed by atoms with Crippen molar-refractivity contribution in [3.05, 3.63) is 310 Å². The lowest BCUT2D eigenvalue weighted by molar-refractivity contribution is -0.660. The van der Waals surface area contributed by atoms with Crippen LogP contribution in [-0.4, -0.2) is 0 Å². The summed E-state index contributed by atoms with van der Waals surface area (Å²) in [5.74, 6) is 0. The second-order valence-electron chi connectivity index (χ2n) is 29.2. The van der Waals surface area contributed by atoms with Gasteiger partial charge in [-0.3, -0.25) is 0 Å². The van der Waals surface area contributed by atoms with Crippen molar-refractivity contribution in [2.24, 2.45) is 28.2 Å². The predicted molar refractivity (Wildman–Crippen MR) is 448 cm³/mol. The molecule has 0 aliphatic heterocycles. The minimum absolute atomic E-state index is 0.377. The van der Waals surface area contributed by atoms with Crippen LogP contribution in [0.3, 0.4) is 0 Å². The molecule has 8 nitrogen and oxygen atoms in total. The van der Waals surface area contributed by atoms with Crippen molar-refractivity contribution in [3.8, 4) is 45.0 Å². The number of aryl methyl sites for hydroxylation is 16. The Morgan fingerprint density at radius 2 is 0.537 bits per heavy atom. The van der Waals surface area contributed by atoms with Crippen molar-refractivity contribution < 1.29 is 52.4 Å². The normalized spacial score (nSPS) is 13.8. The molecule has 0 fully saturated rings. The highest BCUT2D eigenvalue weighted by molar-refractivity contribution is 6.21. The third kappa shape index (κ3) is 12.0. The molecule has 8 heteroatoms. The van der Waals surface area contributed by atoms with Gasteiger partial charge in [-0.15, -0.1) is 0 Å². The van der Waals surface area contributed by atoms with E-state index in [0.717, 1.165) is 193 Å². The molecule has 528 valence electrons. The zero-order chi connectivity index (χ0) is 84.8. The van der Waals surface area contributed by atoms with Crippen LogP contribution < -0.4 is 18.3 Å². The molecule has 0 unspecified atom stereocenters. The summed E-state index contributed by atoms with van der Waals surface area (Å²) in [6, 6.07) is 74.8. The van der Waals surface area contributed by atoms with E-state index in [4.69, 9.17) is 34.1 Å². The molecule has 20 rings (SSSR count). The summed E-state index contributed by atoms with van der Waals surface area (Å²) in [7, 11) is 7.57. The lowest BCUT2D eigenvalue weighted by Crippen LogP contribution is -2.31. The fourth-order valence-electron chi connectivity index (χ4n) is 15.8. The summed E-state index contributed by atoms with van der Waals surface area (Å²) in [6.45, 7) is 7.23. The average molecular weight is 1420 g/mol. The Kier molecular flexibility index (Phi) is 13.9. The van der Waals surface area contributed by atoms with E-state index < -0.39 is 27.4 Å². The monoisotopic (exact) mass is 1420 g/mol. The van der Waals surface area contributed by atoms with Gasteiger partial charge in [-0.2, -0.15) is 0 Å². The van der Waals surface area contributed by atoms with Gasteiger partial charge in [0.25, 0.3) is 0 Å². The first-order valence-electron chi connectivity index (χ1n) is 42.4. The van der Waals surface area contributed by atoms with Gasteiger partial charge in [-0.1, -0.05) is 115 Å². The largest absolute Gasteiger partial charge is 0.456 e. The number of hydrogen-bond acceptors (Lipinski definition) is 4. The highest BCUT2D eigenvalue weighted by atomic mass is 16.3. The van der Waals surface area contributed by atoms with Crippen molar-refractivity contribution in [1.29, 1.82) is 0 Å². The first-order chi connectivity index (χ1) is 56.9. The smallest absolute Gasteiger partial charge is 0.212 e. The van der Waals surface area contributed by atoms with E-state index in [0.29, 0.717) is 22.3 Å². The molecule has 108 heavy (non-hydrogen) atoms. The van der Waals surface area contributed by atoms with Crippen LogP contribution in [0.4, 0.5) is 0 Å². The molecule has 8 aromatic heterocycles. The molecule has 0 amide bonds. The van der Waals surface area contributed by atoms with Gasteiger partial charge >= 0.3 is 0 Å². The summed E-state index contributed by atoms with van der Waals surface area (Å²) < 4.78 is 126. The van der Waals surface area contributed by atoms with Gasteiger partial charge < -0.3 is 17.7 Å². The van der Waals surface area contributed by atoms with Gasteiger partial charge in [0.1, 0.15) is 72.9 Å². The first-order valence-corrected chi connectivity index (χ1v) is 36.4. The molecule has 0 radical (unpaired) electrons. The Morgan fingerprint density at radius 1 is 0.222 bits per heavy atom. The number of hydrogen-bond donors (Lipinski definition) is 0. The summed E-state index contributed by atoms with van der Waals surface area (Å²) in [5, 5.41) is 18.1.